The van der Waals surface area contributed by atoms with Crippen LogP contribution in [0.2, 0.25) is 0 Å². The number of hydrogen-bond acceptors (Lipinski definition) is 7. The Hall–Kier alpha value is -3.02. The molecule has 7 heteroatoms. The van der Waals surface area contributed by atoms with E-state index >= 15 is 0 Å². The molecule has 0 radical (unpaired) electrons. The summed E-state index contributed by atoms with van der Waals surface area (Å²) in [4.78, 5) is 10.1. The number of allylic oxidation sites excluding steroid dienone is 1. The van der Waals surface area contributed by atoms with Crippen LogP contribution in [0.3, 0.4) is 0 Å². The largest absolute Gasteiger partial charge is 0.502 e. The second-order valence-corrected chi connectivity index (χ2v) is 7.42. The standard InChI is InChI=1S/C27H40O7/c1-6-24(5)34-33-22-14-13-20-31-26-23(4)15-16-25(30-19-11-9-17-28-7-2)27(26)32-21-12-10-18-29-8-3/h7-8,15-16H,1-3,9-14,17-22H2,4-5H3. The highest BCUT2D eigenvalue weighted by molar-refractivity contribution is 5.55. The van der Waals surface area contributed by atoms with Crippen molar-refractivity contribution in [3.63, 3.8) is 0 Å². The summed E-state index contributed by atoms with van der Waals surface area (Å²) in [5, 5.41) is 0. The van der Waals surface area contributed by atoms with E-state index < -0.39 is 0 Å². The maximum Gasteiger partial charge on any atom is 0.203 e. The highest BCUT2D eigenvalue weighted by Gasteiger charge is 2.16. The fraction of sp³-hybridized carbons (Fsp3) is 0.519. The van der Waals surface area contributed by atoms with E-state index in [1.165, 1.54) is 12.5 Å². The molecule has 0 bridgehead atoms. The molecule has 34 heavy (non-hydrogen) atoms. The number of ether oxygens (including phenoxy) is 5. The molecule has 0 aliphatic carbocycles. The van der Waals surface area contributed by atoms with Gasteiger partial charge in [-0.05, 0) is 57.1 Å². The summed E-state index contributed by atoms with van der Waals surface area (Å²) in [6.07, 6.45) is 7.94. The normalized spacial score (nSPS) is 10.1. The Labute approximate surface area is 204 Å². The minimum Gasteiger partial charge on any atom is -0.502 e. The van der Waals surface area contributed by atoms with E-state index in [0.717, 1.165) is 44.1 Å². The molecule has 1 aromatic rings. The van der Waals surface area contributed by atoms with Gasteiger partial charge in [0.25, 0.3) is 0 Å². The number of aryl methyl sites for hydroxylation is 1. The van der Waals surface area contributed by atoms with Crippen LogP contribution < -0.4 is 14.2 Å². The minimum atomic E-state index is 0.455. The molecule has 0 aliphatic heterocycles. The van der Waals surface area contributed by atoms with Crippen LogP contribution in [-0.2, 0) is 19.2 Å². The fourth-order valence-corrected chi connectivity index (χ4v) is 2.77. The van der Waals surface area contributed by atoms with Gasteiger partial charge >= 0.3 is 0 Å². The molecule has 0 fully saturated rings. The predicted octanol–water partition coefficient (Wildman–Crippen LogP) is 6.43. The van der Waals surface area contributed by atoms with Crippen LogP contribution >= 0.6 is 0 Å². The Morgan fingerprint density at radius 2 is 1.29 bits per heavy atom. The van der Waals surface area contributed by atoms with Gasteiger partial charge in [-0.15, -0.1) is 0 Å². The zero-order valence-corrected chi connectivity index (χ0v) is 20.8. The second kappa shape index (κ2) is 19.4. The number of rotatable bonds is 22. The highest BCUT2D eigenvalue weighted by Crippen LogP contribution is 2.40. The topological polar surface area (TPSA) is 64.6 Å². The number of hydrogen-bond donors (Lipinski definition) is 0. The molecule has 0 atom stereocenters. The Kier molecular flexibility index (Phi) is 16.6. The first-order chi connectivity index (χ1) is 16.6. The average molecular weight is 477 g/mol. The lowest BCUT2D eigenvalue weighted by atomic mass is 10.2. The molecule has 0 aliphatic rings. The molecule has 0 unspecified atom stereocenters. The quantitative estimate of drug-likeness (QED) is 0.0628. The fourth-order valence-electron chi connectivity index (χ4n) is 2.77. The molecule has 0 saturated heterocycles. The maximum absolute atomic E-state index is 6.13. The third-order valence-corrected chi connectivity index (χ3v) is 4.63. The van der Waals surface area contributed by atoms with Crippen LogP contribution in [0.1, 0.15) is 51.0 Å². The molecule has 0 aromatic heterocycles. The van der Waals surface area contributed by atoms with Gasteiger partial charge in [0.1, 0.15) is 0 Å². The van der Waals surface area contributed by atoms with E-state index in [2.05, 4.69) is 25.5 Å². The first-order valence-electron chi connectivity index (χ1n) is 11.8. The van der Waals surface area contributed by atoms with Crippen LogP contribution in [0, 0.1) is 6.92 Å². The highest BCUT2D eigenvalue weighted by atomic mass is 17.2. The first kappa shape index (κ1) is 29.0. The zero-order chi connectivity index (χ0) is 24.9. The van der Waals surface area contributed by atoms with Gasteiger partial charge in [0.05, 0.1) is 52.2 Å². The lowest BCUT2D eigenvalue weighted by Crippen LogP contribution is -2.08. The number of benzene rings is 1. The van der Waals surface area contributed by atoms with E-state index in [1.54, 1.807) is 6.92 Å². The van der Waals surface area contributed by atoms with Crippen molar-refractivity contribution in [1.82, 2.24) is 0 Å². The van der Waals surface area contributed by atoms with E-state index in [1.807, 2.05) is 19.1 Å². The van der Waals surface area contributed by atoms with Gasteiger partial charge in [0.2, 0.25) is 5.75 Å². The number of unbranched alkanes of at least 4 members (excludes halogenated alkanes) is 3. The molecule has 0 heterocycles. The van der Waals surface area contributed by atoms with Gasteiger partial charge in [0, 0.05) is 6.92 Å². The SMILES string of the molecule is C=C=C(C)OOCCCCOc1c(C)ccc(OCCCCOC=C)c1OCCCCOC=C. The van der Waals surface area contributed by atoms with Gasteiger partial charge in [-0.1, -0.05) is 31.5 Å². The van der Waals surface area contributed by atoms with Crippen molar-refractivity contribution in [3.8, 4) is 17.2 Å². The molecule has 190 valence electrons. The summed E-state index contributed by atoms with van der Waals surface area (Å²) in [5.41, 5.74) is 3.60. The second-order valence-electron chi connectivity index (χ2n) is 7.42. The van der Waals surface area contributed by atoms with Gasteiger partial charge in [-0.25, -0.2) is 0 Å². The average Bonchev–Trinajstić information content (AvgIpc) is 2.84. The van der Waals surface area contributed by atoms with Crippen molar-refractivity contribution in [3.05, 3.63) is 61.4 Å². The van der Waals surface area contributed by atoms with Gasteiger partial charge < -0.3 is 28.6 Å². The summed E-state index contributed by atoms with van der Waals surface area (Å²) in [5.74, 6) is 2.53. The third-order valence-electron chi connectivity index (χ3n) is 4.63. The molecule has 0 amide bonds. The molecule has 0 saturated carbocycles. The molecular weight excluding hydrogens is 436 g/mol. The first-order valence-corrected chi connectivity index (χ1v) is 11.8. The van der Waals surface area contributed by atoms with Crippen LogP contribution in [0.25, 0.3) is 0 Å². The lowest BCUT2D eigenvalue weighted by Gasteiger charge is -2.19. The Morgan fingerprint density at radius 1 is 0.765 bits per heavy atom. The van der Waals surface area contributed by atoms with Gasteiger partial charge in [-0.3, -0.25) is 0 Å². The van der Waals surface area contributed by atoms with Crippen molar-refractivity contribution in [2.45, 2.75) is 52.4 Å². The van der Waals surface area contributed by atoms with Gasteiger partial charge in [0.15, 0.2) is 17.3 Å². The summed E-state index contributed by atoms with van der Waals surface area (Å²) in [7, 11) is 0. The van der Waals surface area contributed by atoms with Gasteiger partial charge in [-0.2, -0.15) is 4.89 Å². The Bertz CT molecular complexity index is 754. The van der Waals surface area contributed by atoms with Crippen molar-refractivity contribution < 1.29 is 33.5 Å². The molecule has 0 spiro atoms. The molecule has 7 nitrogen and oxygen atoms in total. The minimum absolute atomic E-state index is 0.455. The summed E-state index contributed by atoms with van der Waals surface area (Å²) >= 11 is 0. The molecular formula is C27H40O7. The molecule has 1 aromatic carbocycles. The Balaban J connectivity index is 2.65. The zero-order valence-electron chi connectivity index (χ0n) is 20.8. The maximum atomic E-state index is 6.13. The summed E-state index contributed by atoms with van der Waals surface area (Å²) in [6, 6.07) is 3.91. The third kappa shape index (κ3) is 12.9. The predicted molar refractivity (Wildman–Crippen MR) is 133 cm³/mol. The summed E-state index contributed by atoms with van der Waals surface area (Å²) < 4.78 is 28.6. The van der Waals surface area contributed by atoms with Crippen molar-refractivity contribution in [2.24, 2.45) is 0 Å². The van der Waals surface area contributed by atoms with Crippen LogP contribution in [0.15, 0.2) is 55.9 Å². The molecule has 1 rings (SSSR count). The van der Waals surface area contributed by atoms with Crippen molar-refractivity contribution in [2.75, 3.05) is 39.6 Å². The van der Waals surface area contributed by atoms with Crippen molar-refractivity contribution in [1.29, 1.82) is 0 Å². The summed E-state index contributed by atoms with van der Waals surface area (Å²) in [6.45, 7) is 17.6. The molecule has 0 N–H and O–H groups in total. The Morgan fingerprint density at radius 3 is 1.88 bits per heavy atom. The van der Waals surface area contributed by atoms with Crippen LogP contribution in [0.5, 0.6) is 17.2 Å². The van der Waals surface area contributed by atoms with E-state index in [9.17, 15) is 0 Å². The lowest BCUT2D eigenvalue weighted by molar-refractivity contribution is -0.261. The van der Waals surface area contributed by atoms with E-state index in [0.29, 0.717) is 62.6 Å². The van der Waals surface area contributed by atoms with E-state index in [-0.39, 0.29) is 0 Å². The van der Waals surface area contributed by atoms with Crippen LogP contribution in [-0.4, -0.2) is 39.6 Å². The van der Waals surface area contributed by atoms with E-state index in [4.69, 9.17) is 33.5 Å². The van der Waals surface area contributed by atoms with Crippen LogP contribution in [0.4, 0.5) is 0 Å². The monoisotopic (exact) mass is 476 g/mol. The van der Waals surface area contributed by atoms with Crippen molar-refractivity contribution >= 4 is 0 Å². The smallest absolute Gasteiger partial charge is 0.203 e.